The van der Waals surface area contributed by atoms with E-state index in [2.05, 4.69) is 13.2 Å². The Bertz CT molecular complexity index is 2060. The van der Waals surface area contributed by atoms with E-state index in [9.17, 15) is 24.3 Å². The molecule has 3 fully saturated rings. The van der Waals surface area contributed by atoms with E-state index >= 15 is 0 Å². The molecule has 5 aliphatic heterocycles. The molecule has 354 valence electrons. The number of aliphatic hydroxyl groups is 1. The lowest BCUT2D eigenvalue weighted by molar-refractivity contribution is -0.201. The summed E-state index contributed by atoms with van der Waals surface area (Å²) in [6.45, 7) is 8.86. The number of aliphatic hydroxyl groups excluding tert-OH is 1. The van der Waals surface area contributed by atoms with Gasteiger partial charge in [-0.3, -0.25) is 9.59 Å². The number of hydrogen-bond acceptors (Lipinski definition) is 15. The van der Waals surface area contributed by atoms with Crippen molar-refractivity contribution in [3.8, 4) is 23.0 Å². The molecule has 0 saturated carbocycles. The van der Waals surface area contributed by atoms with Gasteiger partial charge in [0.15, 0.2) is 41.7 Å². The zero-order chi connectivity index (χ0) is 46.2. The number of carbonyl (C=O) groups excluding carboxylic acids is 4. The molecule has 3 saturated heterocycles. The van der Waals surface area contributed by atoms with Gasteiger partial charge in [0.1, 0.15) is 13.2 Å². The molecule has 5 heterocycles. The second-order valence-electron chi connectivity index (χ2n) is 16.2. The van der Waals surface area contributed by atoms with Crippen molar-refractivity contribution in [3.05, 3.63) is 60.7 Å². The van der Waals surface area contributed by atoms with Crippen molar-refractivity contribution in [2.24, 2.45) is 0 Å². The average molecular weight is 909 g/mol. The summed E-state index contributed by atoms with van der Waals surface area (Å²) in [5, 5.41) is 11.8. The van der Waals surface area contributed by atoms with E-state index in [1.807, 2.05) is 0 Å². The first-order chi connectivity index (χ1) is 31.6. The molecule has 5 aliphatic rings. The highest BCUT2D eigenvalue weighted by Crippen LogP contribution is 2.44. The number of hydrogen-bond donors (Lipinski definition) is 1. The third-order valence-corrected chi connectivity index (χ3v) is 12.4. The summed E-state index contributed by atoms with van der Waals surface area (Å²) in [7, 11) is 5.84. The molecule has 0 aliphatic carbocycles. The van der Waals surface area contributed by atoms with Gasteiger partial charge in [-0.05, 0) is 63.5 Å². The van der Waals surface area contributed by atoms with Crippen LogP contribution in [0.5, 0.6) is 23.0 Å². The fraction of sp³-hybridized carbons (Fsp3) is 0.565. The van der Waals surface area contributed by atoms with Crippen LogP contribution in [0.4, 0.5) is 21.0 Å². The van der Waals surface area contributed by atoms with Gasteiger partial charge >= 0.3 is 12.2 Å². The summed E-state index contributed by atoms with van der Waals surface area (Å²) in [6, 6.07) is 4.68. The van der Waals surface area contributed by atoms with E-state index in [1.165, 1.54) is 57.6 Å². The third kappa shape index (κ3) is 9.98. The van der Waals surface area contributed by atoms with E-state index in [0.29, 0.717) is 75.7 Å². The van der Waals surface area contributed by atoms with Gasteiger partial charge in [-0.1, -0.05) is 25.3 Å². The van der Waals surface area contributed by atoms with Gasteiger partial charge < -0.3 is 62.3 Å². The van der Waals surface area contributed by atoms with Gasteiger partial charge in [0.2, 0.25) is 0 Å². The molecular formula is C46H60N4O15. The summed E-state index contributed by atoms with van der Waals surface area (Å²) in [5.74, 6) is 0.526. The molecule has 19 nitrogen and oxygen atoms in total. The summed E-state index contributed by atoms with van der Waals surface area (Å²) in [5.41, 5.74) is 0.763. The molecule has 2 aromatic rings. The number of fused-ring (bicyclic) bond motifs is 4. The van der Waals surface area contributed by atoms with Gasteiger partial charge in [-0.15, -0.1) is 0 Å². The lowest BCUT2D eigenvalue weighted by Gasteiger charge is -2.44. The van der Waals surface area contributed by atoms with E-state index in [1.54, 1.807) is 21.9 Å². The lowest BCUT2D eigenvalue weighted by Crippen LogP contribution is -2.59. The molecule has 19 heteroatoms. The van der Waals surface area contributed by atoms with Crippen LogP contribution in [0.2, 0.25) is 0 Å². The molecule has 4 amide bonds. The van der Waals surface area contributed by atoms with Crippen LogP contribution < -0.4 is 28.7 Å². The maximum atomic E-state index is 14.5. The van der Waals surface area contributed by atoms with Crippen LogP contribution >= 0.6 is 0 Å². The van der Waals surface area contributed by atoms with Gasteiger partial charge in [-0.2, -0.15) is 0 Å². The maximum Gasteiger partial charge on any atom is 0.416 e. The maximum absolute atomic E-state index is 14.5. The van der Waals surface area contributed by atoms with Gasteiger partial charge in [0.25, 0.3) is 11.8 Å². The van der Waals surface area contributed by atoms with Crippen molar-refractivity contribution in [3.63, 3.8) is 0 Å². The first-order valence-electron chi connectivity index (χ1n) is 22.0. The predicted octanol–water partition coefficient (Wildman–Crippen LogP) is 5.26. The van der Waals surface area contributed by atoms with Crippen LogP contribution in [0.1, 0.15) is 72.1 Å². The number of anilines is 2. The van der Waals surface area contributed by atoms with Crippen molar-refractivity contribution in [2.45, 2.75) is 94.4 Å². The van der Waals surface area contributed by atoms with Crippen LogP contribution in [-0.2, 0) is 28.4 Å². The number of carbonyl (C=O) groups is 4. The molecular weight excluding hydrogens is 849 g/mol. The molecule has 65 heavy (non-hydrogen) atoms. The van der Waals surface area contributed by atoms with Gasteiger partial charge in [0, 0.05) is 45.0 Å². The normalized spacial score (nSPS) is 25.2. The van der Waals surface area contributed by atoms with Crippen LogP contribution in [-0.4, -0.2) is 157 Å². The predicted molar refractivity (Wildman–Crippen MR) is 234 cm³/mol. The summed E-state index contributed by atoms with van der Waals surface area (Å²) < 4.78 is 58.5. The zero-order valence-electron chi connectivity index (χ0n) is 37.5. The van der Waals surface area contributed by atoms with Crippen molar-refractivity contribution in [1.29, 1.82) is 0 Å². The topological polar surface area (TPSA) is 194 Å². The van der Waals surface area contributed by atoms with Crippen molar-refractivity contribution >= 4 is 35.4 Å². The van der Waals surface area contributed by atoms with E-state index in [4.69, 9.17) is 47.4 Å². The number of nitrogens with zero attached hydrogens (tertiary/aromatic N) is 4. The Hall–Kier alpha value is -5.60. The number of methoxy groups -OCH3 is 4. The highest BCUT2D eigenvalue weighted by atomic mass is 16.7. The van der Waals surface area contributed by atoms with Crippen molar-refractivity contribution in [2.75, 3.05) is 84.4 Å². The van der Waals surface area contributed by atoms with Crippen molar-refractivity contribution in [1.82, 2.24) is 9.80 Å². The van der Waals surface area contributed by atoms with E-state index in [-0.39, 0.29) is 78.5 Å². The van der Waals surface area contributed by atoms with Gasteiger partial charge in [0.05, 0.1) is 75.2 Å². The molecule has 0 aromatic heterocycles. The number of piperidine rings is 2. The van der Waals surface area contributed by atoms with Crippen LogP contribution in [0, 0.1) is 0 Å². The Kier molecular flexibility index (Phi) is 15.7. The Morgan fingerprint density at radius 2 is 1.20 bits per heavy atom. The minimum Gasteiger partial charge on any atom is -0.493 e. The van der Waals surface area contributed by atoms with Crippen molar-refractivity contribution < 1.29 is 71.7 Å². The number of ether oxygens (including phenoxy) is 10. The number of rotatable bonds is 16. The van der Waals surface area contributed by atoms with E-state index < -0.39 is 43.0 Å². The van der Waals surface area contributed by atoms with Crippen LogP contribution in [0.3, 0.4) is 0 Å². The molecule has 7 rings (SSSR count). The van der Waals surface area contributed by atoms with Crippen LogP contribution in [0.15, 0.2) is 49.6 Å². The SMILES string of the molecule is C=CCOC(=O)N1c2cc(OC)c(OC)cc2C(=O)N2CC[C@@H](OCCCO[C@@H]3CCN4C(=O)c5cc(OC)c(OC)cc5N(C(=O)OCC=C)C(OC5CCCCO5)[C@@H]4C3)C[C@H]2C1O. The standard InChI is InChI=1S/C46H60N4O15/c1-7-17-63-45(54)49-32-26-38(58-5)36(56-3)24-30(32)41(51)47-15-13-28(22-34(47)43(49)53)60-20-11-21-61-29-14-16-48-35(23-29)44(65-40-12-9-10-19-62-40)50(46(55)64-18-8-2)33-27-39(59-6)37(57-4)25-31(33)42(48)52/h7-8,24-29,34-35,40,43-44,53H,1-2,9-23H2,3-6H3/t28-,29-,34+,35+,40?,43?,44?/m1/s1. The molecule has 2 aromatic carbocycles. The zero-order valence-corrected chi connectivity index (χ0v) is 37.5. The highest BCUT2D eigenvalue weighted by molar-refractivity contribution is 6.07. The lowest BCUT2D eigenvalue weighted by atomic mass is 9.97. The first kappa shape index (κ1) is 47.4. The monoisotopic (exact) mass is 908 g/mol. The Morgan fingerprint density at radius 3 is 1.71 bits per heavy atom. The minimum absolute atomic E-state index is 0.0675. The second kappa shape index (κ2) is 21.6. The molecule has 0 spiro atoms. The molecule has 7 atom stereocenters. The Labute approximate surface area is 378 Å². The Morgan fingerprint density at radius 1 is 0.708 bits per heavy atom. The fourth-order valence-electron chi connectivity index (χ4n) is 9.19. The first-order valence-corrected chi connectivity index (χ1v) is 22.0. The van der Waals surface area contributed by atoms with Crippen LogP contribution in [0.25, 0.3) is 0 Å². The molecule has 3 unspecified atom stereocenters. The quantitative estimate of drug-likeness (QED) is 0.169. The third-order valence-electron chi connectivity index (χ3n) is 12.4. The smallest absolute Gasteiger partial charge is 0.416 e. The summed E-state index contributed by atoms with van der Waals surface area (Å²) in [4.78, 5) is 61.8. The number of benzene rings is 2. The summed E-state index contributed by atoms with van der Waals surface area (Å²) >= 11 is 0. The fourth-order valence-corrected chi connectivity index (χ4v) is 9.19. The van der Waals surface area contributed by atoms with Gasteiger partial charge in [-0.25, -0.2) is 19.4 Å². The number of amides is 4. The minimum atomic E-state index is -1.47. The molecule has 0 radical (unpaired) electrons. The second-order valence-corrected chi connectivity index (χ2v) is 16.2. The molecule has 1 N–H and O–H groups in total. The molecule has 0 bridgehead atoms. The highest BCUT2D eigenvalue weighted by Gasteiger charge is 2.49. The summed E-state index contributed by atoms with van der Waals surface area (Å²) in [6.07, 6.45) is 2.02. The Balaban J connectivity index is 1.03. The average Bonchev–Trinajstić information content (AvgIpc) is 3.48. The van der Waals surface area contributed by atoms with E-state index in [0.717, 1.165) is 17.7 Å². The largest absolute Gasteiger partial charge is 0.493 e.